The molecule has 0 amide bonds. The maximum Gasteiger partial charge on any atom is 0.418 e. The molecule has 0 N–H and O–H groups in total. The third kappa shape index (κ3) is 3.68. The number of anilines is 1. The van der Waals surface area contributed by atoms with Crippen molar-refractivity contribution >= 4 is 5.69 Å². The van der Waals surface area contributed by atoms with Gasteiger partial charge in [0.2, 0.25) is 0 Å². The number of alkyl halides is 3. The Hall–Kier alpha value is -1.19. The molecular weight excluding hydrogens is 263 g/mol. The lowest BCUT2D eigenvalue weighted by Gasteiger charge is -2.31. The molecule has 1 aliphatic rings. The van der Waals surface area contributed by atoms with Gasteiger partial charge in [-0.15, -0.1) is 0 Å². The van der Waals surface area contributed by atoms with E-state index in [2.05, 4.69) is 6.92 Å². The van der Waals surface area contributed by atoms with Gasteiger partial charge in [0.25, 0.3) is 0 Å². The van der Waals surface area contributed by atoms with E-state index in [1.807, 2.05) is 4.90 Å². The summed E-state index contributed by atoms with van der Waals surface area (Å²) in [6.45, 7) is 5.32. The van der Waals surface area contributed by atoms with Gasteiger partial charge in [-0.2, -0.15) is 13.2 Å². The fraction of sp³-hybridized carbons (Fsp3) is 0.625. The molecule has 0 aromatic heterocycles. The van der Waals surface area contributed by atoms with Gasteiger partial charge in [-0.1, -0.05) is 31.4 Å². The molecule has 0 bridgehead atoms. The first kappa shape index (κ1) is 15.2. The summed E-state index contributed by atoms with van der Waals surface area (Å²) < 4.78 is 39.6. The Morgan fingerprint density at radius 1 is 1.10 bits per heavy atom. The highest BCUT2D eigenvalue weighted by Crippen LogP contribution is 2.38. The zero-order valence-electron chi connectivity index (χ0n) is 12.1. The van der Waals surface area contributed by atoms with E-state index < -0.39 is 11.7 Å². The van der Waals surface area contributed by atoms with Gasteiger partial charge in [0.05, 0.1) is 5.56 Å². The molecule has 0 aliphatic carbocycles. The monoisotopic (exact) mass is 285 g/mol. The first-order valence-corrected chi connectivity index (χ1v) is 7.30. The van der Waals surface area contributed by atoms with Crippen molar-refractivity contribution in [3.63, 3.8) is 0 Å². The van der Waals surface area contributed by atoms with E-state index >= 15 is 0 Å². The molecule has 20 heavy (non-hydrogen) atoms. The van der Waals surface area contributed by atoms with Gasteiger partial charge >= 0.3 is 6.18 Å². The lowest BCUT2D eigenvalue weighted by Crippen LogP contribution is -2.30. The maximum absolute atomic E-state index is 13.2. The van der Waals surface area contributed by atoms with Crippen LogP contribution in [-0.2, 0) is 6.18 Å². The quantitative estimate of drug-likeness (QED) is 0.699. The van der Waals surface area contributed by atoms with Crippen LogP contribution in [0.1, 0.15) is 43.7 Å². The molecular formula is C16H22F3N. The number of aryl methyl sites for hydroxylation is 1. The molecule has 1 saturated heterocycles. The Morgan fingerprint density at radius 2 is 1.85 bits per heavy atom. The highest BCUT2D eigenvalue weighted by Gasteiger charge is 2.35. The lowest BCUT2D eigenvalue weighted by molar-refractivity contribution is -0.137. The van der Waals surface area contributed by atoms with Crippen LogP contribution in [0.5, 0.6) is 0 Å². The molecule has 1 atom stereocenters. The van der Waals surface area contributed by atoms with Crippen molar-refractivity contribution < 1.29 is 13.2 Å². The highest BCUT2D eigenvalue weighted by atomic mass is 19.4. The first-order chi connectivity index (χ1) is 9.38. The molecule has 0 radical (unpaired) electrons. The molecule has 0 saturated carbocycles. The third-order valence-electron chi connectivity index (χ3n) is 4.06. The summed E-state index contributed by atoms with van der Waals surface area (Å²) in [5.74, 6) is 0.595. The number of rotatable bonds is 1. The largest absolute Gasteiger partial charge is 0.418 e. The van der Waals surface area contributed by atoms with E-state index in [9.17, 15) is 13.2 Å². The predicted octanol–water partition coefficient (Wildman–Crippen LogP) is 5.03. The van der Waals surface area contributed by atoms with Crippen LogP contribution < -0.4 is 4.90 Å². The van der Waals surface area contributed by atoms with Crippen molar-refractivity contribution in [2.75, 3.05) is 18.0 Å². The minimum Gasteiger partial charge on any atom is -0.371 e. The third-order valence-corrected chi connectivity index (χ3v) is 4.06. The van der Waals surface area contributed by atoms with Crippen LogP contribution in [-0.4, -0.2) is 13.1 Å². The second-order valence-electron chi connectivity index (χ2n) is 5.90. The van der Waals surface area contributed by atoms with E-state index in [0.717, 1.165) is 25.8 Å². The van der Waals surface area contributed by atoms with Crippen LogP contribution in [0.4, 0.5) is 18.9 Å². The van der Waals surface area contributed by atoms with Gasteiger partial charge < -0.3 is 4.90 Å². The number of hydrogen-bond donors (Lipinski definition) is 0. The van der Waals surface area contributed by atoms with E-state index in [1.54, 1.807) is 19.1 Å². The topological polar surface area (TPSA) is 3.24 Å². The van der Waals surface area contributed by atoms with E-state index in [0.29, 0.717) is 23.7 Å². The van der Waals surface area contributed by atoms with Crippen LogP contribution >= 0.6 is 0 Å². The number of halogens is 3. The molecule has 1 aliphatic heterocycles. The summed E-state index contributed by atoms with van der Waals surface area (Å²) in [4.78, 5) is 1.91. The van der Waals surface area contributed by atoms with Gasteiger partial charge in [0.15, 0.2) is 0 Å². The zero-order valence-corrected chi connectivity index (χ0v) is 12.1. The van der Waals surface area contributed by atoms with Crippen molar-refractivity contribution in [3.8, 4) is 0 Å². The van der Waals surface area contributed by atoms with E-state index in [1.165, 1.54) is 12.5 Å². The SMILES string of the molecule is Cc1ccc(N2CCCCC(C)CC2)c(C(F)(F)F)c1. The molecule has 112 valence electrons. The van der Waals surface area contributed by atoms with E-state index in [4.69, 9.17) is 0 Å². The van der Waals surface area contributed by atoms with Crippen LogP contribution in [0, 0.1) is 12.8 Å². The maximum atomic E-state index is 13.2. The van der Waals surface area contributed by atoms with Gasteiger partial charge in [-0.05, 0) is 37.8 Å². The molecule has 1 aromatic rings. The summed E-state index contributed by atoms with van der Waals surface area (Å²) in [6.07, 6.45) is -0.0607. The molecule has 1 nitrogen and oxygen atoms in total. The van der Waals surface area contributed by atoms with Crippen LogP contribution in [0.3, 0.4) is 0 Å². The standard InChI is InChI=1S/C16H22F3N/c1-12-5-3-4-9-20(10-8-12)15-7-6-13(2)11-14(15)16(17,18)19/h6-7,11-12H,3-5,8-10H2,1-2H3. The van der Waals surface area contributed by atoms with Crippen molar-refractivity contribution in [1.82, 2.24) is 0 Å². The van der Waals surface area contributed by atoms with Gasteiger partial charge in [0.1, 0.15) is 0 Å². The summed E-state index contributed by atoms with van der Waals surface area (Å²) >= 11 is 0. The van der Waals surface area contributed by atoms with Gasteiger partial charge in [0, 0.05) is 18.8 Å². The lowest BCUT2D eigenvalue weighted by atomic mass is 9.97. The average molecular weight is 285 g/mol. The molecule has 1 heterocycles. The molecule has 1 fully saturated rings. The van der Waals surface area contributed by atoms with Crippen LogP contribution in [0.25, 0.3) is 0 Å². The average Bonchev–Trinajstić information content (AvgIpc) is 2.34. The summed E-state index contributed by atoms with van der Waals surface area (Å²) in [6, 6.07) is 4.66. The Morgan fingerprint density at radius 3 is 2.55 bits per heavy atom. The zero-order chi connectivity index (χ0) is 14.8. The van der Waals surface area contributed by atoms with Crippen LogP contribution in [0.15, 0.2) is 18.2 Å². The van der Waals surface area contributed by atoms with Crippen molar-refractivity contribution in [3.05, 3.63) is 29.3 Å². The van der Waals surface area contributed by atoms with Gasteiger partial charge in [-0.3, -0.25) is 0 Å². The Balaban J connectivity index is 2.30. The van der Waals surface area contributed by atoms with Crippen molar-refractivity contribution in [1.29, 1.82) is 0 Å². The molecule has 4 heteroatoms. The minimum absolute atomic E-state index is 0.345. The smallest absolute Gasteiger partial charge is 0.371 e. The molecule has 0 spiro atoms. The van der Waals surface area contributed by atoms with Crippen molar-refractivity contribution in [2.45, 2.75) is 45.7 Å². The Kier molecular flexibility index (Phi) is 4.61. The molecule has 2 rings (SSSR count). The predicted molar refractivity (Wildman–Crippen MR) is 76.0 cm³/mol. The molecule has 1 unspecified atom stereocenters. The fourth-order valence-corrected chi connectivity index (χ4v) is 2.82. The second kappa shape index (κ2) is 6.06. The van der Waals surface area contributed by atoms with Crippen molar-refractivity contribution in [2.24, 2.45) is 5.92 Å². The second-order valence-corrected chi connectivity index (χ2v) is 5.90. The first-order valence-electron chi connectivity index (χ1n) is 7.30. The normalized spacial score (nSPS) is 21.4. The van der Waals surface area contributed by atoms with Crippen LogP contribution in [0.2, 0.25) is 0 Å². The number of hydrogen-bond acceptors (Lipinski definition) is 1. The van der Waals surface area contributed by atoms with E-state index in [-0.39, 0.29) is 0 Å². The highest BCUT2D eigenvalue weighted by molar-refractivity contribution is 5.56. The minimum atomic E-state index is -4.28. The molecule has 1 aromatic carbocycles. The Labute approximate surface area is 118 Å². The summed E-state index contributed by atoms with van der Waals surface area (Å²) in [5, 5.41) is 0. The summed E-state index contributed by atoms with van der Waals surface area (Å²) in [7, 11) is 0. The fourth-order valence-electron chi connectivity index (χ4n) is 2.82. The Bertz CT molecular complexity index is 454. The number of nitrogens with zero attached hydrogens (tertiary/aromatic N) is 1. The number of benzene rings is 1. The van der Waals surface area contributed by atoms with Gasteiger partial charge in [-0.25, -0.2) is 0 Å². The summed E-state index contributed by atoms with van der Waals surface area (Å²) in [5.41, 5.74) is 0.504.